The molecule has 23 heavy (non-hydrogen) atoms. The van der Waals surface area contributed by atoms with Gasteiger partial charge in [0.2, 0.25) is 0 Å². The number of carbonyl (C=O) groups is 1. The van der Waals surface area contributed by atoms with Crippen molar-refractivity contribution in [2.75, 3.05) is 5.73 Å². The summed E-state index contributed by atoms with van der Waals surface area (Å²) in [5.41, 5.74) is 5.74. The van der Waals surface area contributed by atoms with Gasteiger partial charge in [0, 0.05) is 29.9 Å². The van der Waals surface area contributed by atoms with Crippen LogP contribution in [0.3, 0.4) is 0 Å². The molecule has 0 saturated carbocycles. The second-order valence-corrected chi connectivity index (χ2v) is 4.63. The van der Waals surface area contributed by atoms with Crippen molar-refractivity contribution in [3.8, 4) is 6.07 Å². The van der Waals surface area contributed by atoms with Crippen molar-refractivity contribution in [2.24, 2.45) is 0 Å². The Morgan fingerprint density at radius 3 is 2.74 bits per heavy atom. The maximum absolute atomic E-state index is 13.6. The SMILES string of the molecule is N#Cc1ccc(F)c(CNC(=O)c2cc([N+](=O)[O-])ccc2N)c1. The summed E-state index contributed by atoms with van der Waals surface area (Å²) in [6, 6.07) is 9.11. The molecule has 0 atom stereocenters. The summed E-state index contributed by atoms with van der Waals surface area (Å²) >= 11 is 0. The number of nitrogens with one attached hydrogen (secondary N) is 1. The Morgan fingerprint density at radius 2 is 2.09 bits per heavy atom. The number of hydrogen-bond acceptors (Lipinski definition) is 5. The summed E-state index contributed by atoms with van der Waals surface area (Å²) in [7, 11) is 0. The molecule has 116 valence electrons. The number of nitro groups is 1. The number of carbonyl (C=O) groups excluding carboxylic acids is 1. The highest BCUT2D eigenvalue weighted by Crippen LogP contribution is 2.20. The quantitative estimate of drug-likeness (QED) is 0.508. The standard InChI is InChI=1S/C15H11FN4O3/c16-13-3-1-9(7-17)5-10(13)8-19-15(21)12-6-11(20(22)23)2-4-14(12)18/h1-6H,8,18H2,(H,19,21). The van der Waals surface area contributed by atoms with Gasteiger partial charge in [0.1, 0.15) is 5.82 Å². The van der Waals surface area contributed by atoms with Crippen LogP contribution in [0.15, 0.2) is 36.4 Å². The molecule has 0 bridgehead atoms. The molecule has 0 aliphatic rings. The van der Waals surface area contributed by atoms with Gasteiger partial charge in [0.05, 0.1) is 22.1 Å². The van der Waals surface area contributed by atoms with Crippen LogP contribution < -0.4 is 11.1 Å². The number of non-ortho nitro benzene ring substituents is 1. The van der Waals surface area contributed by atoms with Crippen molar-refractivity contribution in [1.29, 1.82) is 5.26 Å². The average Bonchev–Trinajstić information content (AvgIpc) is 2.54. The average molecular weight is 314 g/mol. The number of hydrogen-bond donors (Lipinski definition) is 2. The van der Waals surface area contributed by atoms with E-state index in [0.29, 0.717) is 0 Å². The van der Waals surface area contributed by atoms with Gasteiger partial charge in [-0.05, 0) is 24.3 Å². The Hall–Kier alpha value is -3.47. The number of anilines is 1. The van der Waals surface area contributed by atoms with Gasteiger partial charge in [-0.2, -0.15) is 5.26 Å². The number of nitriles is 1. The van der Waals surface area contributed by atoms with Crippen molar-refractivity contribution < 1.29 is 14.1 Å². The molecule has 0 saturated heterocycles. The van der Waals surface area contributed by atoms with E-state index in [1.807, 2.05) is 6.07 Å². The molecular weight excluding hydrogens is 303 g/mol. The lowest BCUT2D eigenvalue weighted by Crippen LogP contribution is -2.24. The van der Waals surface area contributed by atoms with E-state index in [0.717, 1.165) is 12.1 Å². The summed E-state index contributed by atoms with van der Waals surface area (Å²) in [4.78, 5) is 22.2. The van der Waals surface area contributed by atoms with Gasteiger partial charge in [-0.3, -0.25) is 14.9 Å². The molecule has 0 fully saturated rings. The summed E-state index contributed by atoms with van der Waals surface area (Å²) in [5.74, 6) is -1.25. The Labute approximate surface area is 130 Å². The van der Waals surface area contributed by atoms with Crippen molar-refractivity contribution >= 4 is 17.3 Å². The molecule has 0 heterocycles. The molecule has 2 aromatic rings. The van der Waals surface area contributed by atoms with Crippen LogP contribution in [-0.4, -0.2) is 10.8 Å². The van der Waals surface area contributed by atoms with E-state index in [4.69, 9.17) is 11.0 Å². The highest BCUT2D eigenvalue weighted by molar-refractivity contribution is 5.99. The van der Waals surface area contributed by atoms with E-state index in [1.165, 1.54) is 24.3 Å². The molecule has 3 N–H and O–H groups in total. The van der Waals surface area contributed by atoms with Gasteiger partial charge in [-0.1, -0.05) is 0 Å². The van der Waals surface area contributed by atoms with Crippen LogP contribution in [0, 0.1) is 27.3 Å². The Bertz CT molecular complexity index is 830. The molecule has 7 nitrogen and oxygen atoms in total. The first kappa shape index (κ1) is 15.9. The predicted molar refractivity (Wildman–Crippen MR) is 79.8 cm³/mol. The molecule has 0 aliphatic carbocycles. The number of nitrogens with two attached hydrogens (primary N) is 1. The highest BCUT2D eigenvalue weighted by atomic mass is 19.1. The van der Waals surface area contributed by atoms with Crippen molar-refractivity contribution in [1.82, 2.24) is 5.32 Å². The normalized spacial score (nSPS) is 9.91. The smallest absolute Gasteiger partial charge is 0.270 e. The minimum Gasteiger partial charge on any atom is -0.398 e. The van der Waals surface area contributed by atoms with E-state index < -0.39 is 16.6 Å². The van der Waals surface area contributed by atoms with Crippen molar-refractivity contribution in [3.05, 3.63) is 69.0 Å². The van der Waals surface area contributed by atoms with Crippen LogP contribution in [0.2, 0.25) is 0 Å². The molecule has 0 aromatic heterocycles. The van der Waals surface area contributed by atoms with Gasteiger partial charge < -0.3 is 11.1 Å². The lowest BCUT2D eigenvalue weighted by molar-refractivity contribution is -0.384. The maximum Gasteiger partial charge on any atom is 0.270 e. The first-order valence-corrected chi connectivity index (χ1v) is 6.43. The fraction of sp³-hybridized carbons (Fsp3) is 0.0667. The Morgan fingerprint density at radius 1 is 1.35 bits per heavy atom. The Balaban J connectivity index is 2.19. The predicted octanol–water partition coefficient (Wildman–Crippen LogP) is 2.12. The van der Waals surface area contributed by atoms with Crippen LogP contribution in [-0.2, 0) is 6.54 Å². The van der Waals surface area contributed by atoms with Gasteiger partial charge in [-0.25, -0.2) is 4.39 Å². The second kappa shape index (κ2) is 6.53. The number of nitrogens with zero attached hydrogens (tertiary/aromatic N) is 2. The summed E-state index contributed by atoms with van der Waals surface area (Å²) in [6.45, 7) is -0.178. The largest absolute Gasteiger partial charge is 0.398 e. The molecule has 0 radical (unpaired) electrons. The fourth-order valence-corrected chi connectivity index (χ4v) is 1.90. The molecule has 2 aromatic carbocycles. The van der Waals surface area contributed by atoms with Crippen LogP contribution in [0.25, 0.3) is 0 Å². The summed E-state index contributed by atoms with van der Waals surface area (Å²) < 4.78 is 13.6. The van der Waals surface area contributed by atoms with Crippen LogP contribution in [0.1, 0.15) is 21.5 Å². The number of benzene rings is 2. The Kier molecular flexibility index (Phi) is 4.52. The topological polar surface area (TPSA) is 122 Å². The van der Waals surface area contributed by atoms with Crippen LogP contribution in [0.4, 0.5) is 15.8 Å². The van der Waals surface area contributed by atoms with E-state index in [-0.39, 0.29) is 34.6 Å². The maximum atomic E-state index is 13.6. The van der Waals surface area contributed by atoms with Crippen molar-refractivity contribution in [2.45, 2.75) is 6.54 Å². The number of rotatable bonds is 4. The molecule has 1 amide bonds. The lowest BCUT2D eigenvalue weighted by atomic mass is 10.1. The van der Waals surface area contributed by atoms with Gasteiger partial charge >= 0.3 is 0 Å². The molecule has 0 spiro atoms. The minimum atomic E-state index is -0.673. The minimum absolute atomic E-state index is 0.0688. The first-order chi connectivity index (χ1) is 10.9. The zero-order valence-electron chi connectivity index (χ0n) is 11.7. The molecule has 8 heteroatoms. The molecule has 0 unspecified atom stereocenters. The van der Waals surface area contributed by atoms with Gasteiger partial charge in [0.15, 0.2) is 0 Å². The summed E-state index contributed by atoms with van der Waals surface area (Å²) in [5, 5.41) is 21.9. The van der Waals surface area contributed by atoms with E-state index in [2.05, 4.69) is 5.32 Å². The molecular formula is C15H11FN4O3. The van der Waals surface area contributed by atoms with Crippen LogP contribution >= 0.6 is 0 Å². The van der Waals surface area contributed by atoms with Gasteiger partial charge in [-0.15, -0.1) is 0 Å². The number of amides is 1. The van der Waals surface area contributed by atoms with Gasteiger partial charge in [0.25, 0.3) is 11.6 Å². The summed E-state index contributed by atoms with van der Waals surface area (Å²) in [6.07, 6.45) is 0. The van der Waals surface area contributed by atoms with Crippen LogP contribution in [0.5, 0.6) is 0 Å². The van der Waals surface area contributed by atoms with Crippen molar-refractivity contribution in [3.63, 3.8) is 0 Å². The van der Waals surface area contributed by atoms with E-state index >= 15 is 0 Å². The zero-order chi connectivity index (χ0) is 17.0. The monoisotopic (exact) mass is 314 g/mol. The third-order valence-electron chi connectivity index (χ3n) is 3.11. The third kappa shape index (κ3) is 3.59. The van der Waals surface area contributed by atoms with E-state index in [9.17, 15) is 19.3 Å². The number of halogens is 1. The van der Waals surface area contributed by atoms with E-state index in [1.54, 1.807) is 0 Å². The second-order valence-electron chi connectivity index (χ2n) is 4.63. The number of nitrogen functional groups attached to an aromatic ring is 1. The first-order valence-electron chi connectivity index (χ1n) is 6.43. The molecule has 2 rings (SSSR count). The number of nitro benzene ring substituents is 1. The zero-order valence-corrected chi connectivity index (χ0v) is 11.7. The highest BCUT2D eigenvalue weighted by Gasteiger charge is 2.15. The lowest BCUT2D eigenvalue weighted by Gasteiger charge is -2.08. The fourth-order valence-electron chi connectivity index (χ4n) is 1.90. The molecule has 0 aliphatic heterocycles. The third-order valence-corrected chi connectivity index (χ3v) is 3.11.